The van der Waals surface area contributed by atoms with E-state index in [2.05, 4.69) is 15.9 Å². The first kappa shape index (κ1) is 12.0. The summed E-state index contributed by atoms with van der Waals surface area (Å²) in [6, 6.07) is 6.52. The predicted molar refractivity (Wildman–Crippen MR) is 67.6 cm³/mol. The summed E-state index contributed by atoms with van der Waals surface area (Å²) in [6.07, 6.45) is 3.58. The van der Waals surface area contributed by atoms with Crippen LogP contribution in [0, 0.1) is 5.82 Å². The van der Waals surface area contributed by atoms with Gasteiger partial charge in [-0.2, -0.15) is 0 Å². The maximum Gasteiger partial charge on any atom is 0.161 e. The number of hydrogen-bond donors (Lipinski definition) is 0. The van der Waals surface area contributed by atoms with Crippen LogP contribution >= 0.6 is 15.9 Å². The lowest BCUT2D eigenvalue weighted by atomic mass is 10.2. The molecule has 4 heteroatoms. The van der Waals surface area contributed by atoms with Gasteiger partial charge in [-0.05, 0) is 36.8 Å². The molecule has 88 valence electrons. The van der Waals surface area contributed by atoms with Gasteiger partial charge in [0, 0.05) is 29.0 Å². The van der Waals surface area contributed by atoms with Gasteiger partial charge >= 0.3 is 0 Å². The summed E-state index contributed by atoms with van der Waals surface area (Å²) in [7, 11) is 0. The summed E-state index contributed by atoms with van der Waals surface area (Å²) in [5.74, 6) is -0.238. The zero-order valence-electron chi connectivity index (χ0n) is 9.28. The summed E-state index contributed by atoms with van der Waals surface area (Å²) >= 11 is 3.25. The fourth-order valence-electron chi connectivity index (χ4n) is 1.66. The molecule has 0 fully saturated rings. The minimum absolute atomic E-state index is 0.0316. The fraction of sp³-hybridized carbons (Fsp3) is 0.154. The van der Waals surface area contributed by atoms with Crippen LogP contribution in [0.25, 0.3) is 0 Å². The van der Waals surface area contributed by atoms with Gasteiger partial charge in [0.15, 0.2) is 5.78 Å². The highest BCUT2D eigenvalue weighted by Crippen LogP contribution is 2.16. The summed E-state index contributed by atoms with van der Waals surface area (Å²) < 4.78 is 15.7. The average molecular weight is 296 g/mol. The van der Waals surface area contributed by atoms with Crippen LogP contribution in [0.2, 0.25) is 0 Å². The number of rotatable bonds is 3. The first-order chi connectivity index (χ1) is 8.04. The molecule has 17 heavy (non-hydrogen) atoms. The Morgan fingerprint density at radius 2 is 2.18 bits per heavy atom. The van der Waals surface area contributed by atoms with Crippen molar-refractivity contribution >= 4 is 21.7 Å². The van der Waals surface area contributed by atoms with Crippen molar-refractivity contribution < 1.29 is 9.18 Å². The molecule has 0 saturated heterocycles. The minimum Gasteiger partial charge on any atom is -0.349 e. The van der Waals surface area contributed by atoms with Crippen molar-refractivity contribution in [2.45, 2.75) is 13.5 Å². The Bertz CT molecular complexity index is 542. The Kier molecular flexibility index (Phi) is 3.43. The van der Waals surface area contributed by atoms with Crippen molar-refractivity contribution in [2.24, 2.45) is 0 Å². The van der Waals surface area contributed by atoms with E-state index in [0.717, 1.165) is 5.56 Å². The molecule has 1 heterocycles. The Hall–Kier alpha value is -1.42. The van der Waals surface area contributed by atoms with Gasteiger partial charge in [0.1, 0.15) is 5.82 Å². The molecule has 2 rings (SSSR count). The summed E-state index contributed by atoms with van der Waals surface area (Å²) in [5.41, 5.74) is 1.52. The first-order valence-electron chi connectivity index (χ1n) is 5.16. The molecule has 2 nitrogen and oxygen atoms in total. The van der Waals surface area contributed by atoms with Crippen molar-refractivity contribution in [3.63, 3.8) is 0 Å². The van der Waals surface area contributed by atoms with Gasteiger partial charge in [-0.3, -0.25) is 4.79 Å². The zero-order chi connectivity index (χ0) is 12.4. The molecule has 1 aromatic carbocycles. The van der Waals surface area contributed by atoms with E-state index in [-0.39, 0.29) is 11.6 Å². The second-order valence-electron chi connectivity index (χ2n) is 3.91. The molecule has 0 unspecified atom stereocenters. The lowest BCUT2D eigenvalue weighted by Crippen LogP contribution is -1.97. The average Bonchev–Trinajstić information content (AvgIpc) is 2.64. The molecule has 0 bridgehead atoms. The molecule has 0 spiro atoms. The highest BCUT2D eigenvalue weighted by atomic mass is 79.9. The standard InChI is InChI=1S/C13H11BrFNO/c1-9(17)11-2-3-16(8-11)7-10-4-12(14)6-13(15)5-10/h2-6,8H,7H2,1H3. The summed E-state index contributed by atoms with van der Waals surface area (Å²) in [4.78, 5) is 11.1. The second kappa shape index (κ2) is 4.84. The van der Waals surface area contributed by atoms with E-state index in [9.17, 15) is 9.18 Å². The second-order valence-corrected chi connectivity index (χ2v) is 4.82. The largest absolute Gasteiger partial charge is 0.349 e. The number of carbonyl (C=O) groups excluding carboxylic acids is 1. The van der Waals surface area contributed by atoms with E-state index in [4.69, 9.17) is 0 Å². The maximum atomic E-state index is 13.2. The molecule has 0 amide bonds. The molecular weight excluding hydrogens is 285 g/mol. The van der Waals surface area contributed by atoms with Crippen LogP contribution in [0.1, 0.15) is 22.8 Å². The van der Waals surface area contributed by atoms with E-state index >= 15 is 0 Å². The lowest BCUT2D eigenvalue weighted by molar-refractivity contribution is 0.101. The quantitative estimate of drug-likeness (QED) is 0.793. The number of aromatic nitrogens is 1. The van der Waals surface area contributed by atoms with Crippen LogP contribution in [0.5, 0.6) is 0 Å². The van der Waals surface area contributed by atoms with Crippen molar-refractivity contribution in [1.29, 1.82) is 0 Å². The smallest absolute Gasteiger partial charge is 0.161 e. The third kappa shape index (κ3) is 3.03. The van der Waals surface area contributed by atoms with E-state index in [1.165, 1.54) is 19.1 Å². The van der Waals surface area contributed by atoms with Gasteiger partial charge in [0.2, 0.25) is 0 Å². The number of benzene rings is 1. The highest BCUT2D eigenvalue weighted by molar-refractivity contribution is 9.10. The van der Waals surface area contributed by atoms with E-state index in [0.29, 0.717) is 16.6 Å². The topological polar surface area (TPSA) is 22.0 Å². The van der Waals surface area contributed by atoms with E-state index in [1.807, 2.05) is 16.8 Å². The Labute approximate surface area is 107 Å². The Balaban J connectivity index is 2.22. The summed E-state index contributed by atoms with van der Waals surface area (Å²) in [5, 5.41) is 0. The van der Waals surface area contributed by atoms with Crippen LogP contribution in [-0.2, 0) is 6.54 Å². The van der Waals surface area contributed by atoms with E-state index in [1.54, 1.807) is 12.3 Å². The minimum atomic E-state index is -0.270. The van der Waals surface area contributed by atoms with Crippen molar-refractivity contribution in [2.75, 3.05) is 0 Å². The number of ketones is 1. The molecule has 0 aliphatic rings. The maximum absolute atomic E-state index is 13.2. The van der Waals surface area contributed by atoms with Crippen LogP contribution < -0.4 is 0 Å². The highest BCUT2D eigenvalue weighted by Gasteiger charge is 2.03. The SMILES string of the molecule is CC(=O)c1ccn(Cc2cc(F)cc(Br)c2)c1. The number of carbonyl (C=O) groups is 1. The van der Waals surface area contributed by atoms with Gasteiger partial charge in [-0.1, -0.05) is 15.9 Å². The number of Topliss-reactive ketones (excluding diaryl/α,β-unsaturated/α-hetero) is 1. The van der Waals surface area contributed by atoms with Crippen molar-refractivity contribution in [3.8, 4) is 0 Å². The molecule has 0 aliphatic carbocycles. The number of nitrogens with zero attached hydrogens (tertiary/aromatic N) is 1. The van der Waals surface area contributed by atoms with Gasteiger partial charge in [-0.25, -0.2) is 4.39 Å². The van der Waals surface area contributed by atoms with Gasteiger partial charge in [0.05, 0.1) is 0 Å². The molecule has 0 N–H and O–H groups in total. The van der Waals surface area contributed by atoms with Crippen LogP contribution in [0.3, 0.4) is 0 Å². The number of hydrogen-bond acceptors (Lipinski definition) is 1. The fourth-order valence-corrected chi connectivity index (χ4v) is 2.17. The molecular formula is C13H11BrFNO. The Morgan fingerprint density at radius 1 is 1.41 bits per heavy atom. The normalized spacial score (nSPS) is 10.5. The van der Waals surface area contributed by atoms with Crippen molar-refractivity contribution in [1.82, 2.24) is 4.57 Å². The van der Waals surface area contributed by atoms with Gasteiger partial charge in [0.25, 0.3) is 0 Å². The van der Waals surface area contributed by atoms with Crippen LogP contribution in [0.15, 0.2) is 41.1 Å². The molecule has 0 atom stereocenters. The predicted octanol–water partition coefficient (Wildman–Crippen LogP) is 3.64. The monoisotopic (exact) mass is 295 g/mol. The summed E-state index contributed by atoms with van der Waals surface area (Å²) in [6.45, 7) is 2.07. The van der Waals surface area contributed by atoms with Crippen LogP contribution in [-0.4, -0.2) is 10.4 Å². The number of halogens is 2. The third-order valence-corrected chi connectivity index (χ3v) is 2.90. The third-order valence-electron chi connectivity index (χ3n) is 2.44. The van der Waals surface area contributed by atoms with Crippen LogP contribution in [0.4, 0.5) is 4.39 Å². The van der Waals surface area contributed by atoms with Crippen molar-refractivity contribution in [3.05, 3.63) is 58.1 Å². The molecule has 0 radical (unpaired) electrons. The molecule has 0 aliphatic heterocycles. The molecule has 1 aromatic heterocycles. The van der Waals surface area contributed by atoms with E-state index < -0.39 is 0 Å². The molecule has 0 saturated carbocycles. The van der Waals surface area contributed by atoms with Gasteiger partial charge < -0.3 is 4.57 Å². The van der Waals surface area contributed by atoms with Gasteiger partial charge in [-0.15, -0.1) is 0 Å². The lowest BCUT2D eigenvalue weighted by Gasteiger charge is -2.04. The zero-order valence-corrected chi connectivity index (χ0v) is 10.9. The Morgan fingerprint density at radius 3 is 2.76 bits per heavy atom. The first-order valence-corrected chi connectivity index (χ1v) is 5.95. The molecule has 2 aromatic rings.